The van der Waals surface area contributed by atoms with Crippen molar-refractivity contribution in [3.8, 4) is 0 Å². The average molecular weight is 540 g/mol. The van der Waals surface area contributed by atoms with Crippen LogP contribution in [-0.4, -0.2) is 38.2 Å². The van der Waals surface area contributed by atoms with Crippen LogP contribution in [0.25, 0.3) is 10.2 Å². The summed E-state index contributed by atoms with van der Waals surface area (Å²) < 4.78 is 6.79. The number of carbonyl (C=O) groups is 2. The van der Waals surface area contributed by atoms with Crippen LogP contribution in [0.3, 0.4) is 0 Å². The van der Waals surface area contributed by atoms with Crippen molar-refractivity contribution in [3.05, 3.63) is 68.0 Å². The number of carbonyl (C=O) groups excluding carboxylic acids is 2. The fourth-order valence-electron chi connectivity index (χ4n) is 3.96. The van der Waals surface area contributed by atoms with Crippen molar-refractivity contribution in [1.82, 2.24) is 19.7 Å². The van der Waals surface area contributed by atoms with Crippen molar-refractivity contribution in [2.75, 3.05) is 11.9 Å². The van der Waals surface area contributed by atoms with Crippen molar-refractivity contribution in [1.29, 1.82) is 0 Å². The summed E-state index contributed by atoms with van der Waals surface area (Å²) in [5.74, 6) is -0.428. The molecule has 4 rings (SSSR count). The van der Waals surface area contributed by atoms with E-state index in [4.69, 9.17) is 4.74 Å². The van der Waals surface area contributed by atoms with E-state index in [9.17, 15) is 14.4 Å². The molecule has 0 aliphatic heterocycles. The van der Waals surface area contributed by atoms with Gasteiger partial charge in [-0.15, -0.1) is 21.5 Å². The number of nitrogens with zero attached hydrogens (tertiary/aromatic N) is 4. The Bertz CT molecular complexity index is 1460. The highest BCUT2D eigenvalue weighted by molar-refractivity contribution is 7.20. The predicted octanol–water partition coefficient (Wildman–Crippen LogP) is 4.81. The minimum atomic E-state index is -0.789. The molecule has 3 aromatic heterocycles. The van der Waals surface area contributed by atoms with Crippen LogP contribution in [0.5, 0.6) is 0 Å². The van der Waals surface area contributed by atoms with Gasteiger partial charge in [0, 0.05) is 12.8 Å². The number of anilines is 1. The maximum atomic E-state index is 13.4. The number of aryl methyl sites for hydroxylation is 1. The molecule has 0 spiro atoms. The molecule has 0 saturated carbocycles. The number of benzene rings is 1. The largest absolute Gasteiger partial charge is 0.461 e. The monoisotopic (exact) mass is 539 g/mol. The highest BCUT2D eigenvalue weighted by Gasteiger charge is 2.25. The van der Waals surface area contributed by atoms with E-state index in [1.54, 1.807) is 6.92 Å². The Hall–Kier alpha value is -3.44. The number of hydrogen-bond acceptors (Lipinski definition) is 9. The predicted molar refractivity (Wildman–Crippen MR) is 145 cm³/mol. The lowest BCUT2D eigenvalue weighted by atomic mass is 10.1. The van der Waals surface area contributed by atoms with Gasteiger partial charge in [0.05, 0.1) is 18.3 Å². The van der Waals surface area contributed by atoms with E-state index < -0.39 is 12.0 Å². The molecule has 0 saturated heterocycles. The first kappa shape index (κ1) is 26.6. The summed E-state index contributed by atoms with van der Waals surface area (Å²) in [6, 6.07) is 8.96. The van der Waals surface area contributed by atoms with Gasteiger partial charge in [0.15, 0.2) is 0 Å². The van der Waals surface area contributed by atoms with Crippen LogP contribution in [0.2, 0.25) is 0 Å². The first-order valence-corrected chi connectivity index (χ1v) is 13.8. The zero-order chi connectivity index (χ0) is 26.5. The van der Waals surface area contributed by atoms with Gasteiger partial charge in [-0.1, -0.05) is 62.4 Å². The summed E-state index contributed by atoms with van der Waals surface area (Å²) in [5.41, 5.74) is 1.21. The van der Waals surface area contributed by atoms with Crippen LogP contribution in [-0.2, 0) is 22.4 Å². The van der Waals surface area contributed by atoms with E-state index >= 15 is 0 Å². The van der Waals surface area contributed by atoms with E-state index in [0.29, 0.717) is 44.5 Å². The molecule has 11 heteroatoms. The van der Waals surface area contributed by atoms with E-state index in [-0.39, 0.29) is 18.1 Å². The molecule has 1 N–H and O–H groups in total. The minimum Gasteiger partial charge on any atom is -0.461 e. The third-order valence-electron chi connectivity index (χ3n) is 5.83. The molecular weight excluding hydrogens is 510 g/mol. The number of esters is 1. The second-order valence-electron chi connectivity index (χ2n) is 9.08. The molecule has 4 aromatic rings. The molecule has 0 radical (unpaired) electrons. The quantitative estimate of drug-likeness (QED) is 0.288. The lowest BCUT2D eigenvalue weighted by Gasteiger charge is -2.16. The first-order valence-electron chi connectivity index (χ1n) is 12.1. The third kappa shape index (κ3) is 6.11. The van der Waals surface area contributed by atoms with E-state index in [2.05, 4.69) is 34.3 Å². The Morgan fingerprint density at radius 3 is 2.59 bits per heavy atom. The van der Waals surface area contributed by atoms with Crippen LogP contribution in [0, 0.1) is 12.8 Å². The Kier molecular flexibility index (Phi) is 8.45. The van der Waals surface area contributed by atoms with Crippen LogP contribution in [0.4, 0.5) is 5.13 Å². The summed E-state index contributed by atoms with van der Waals surface area (Å²) >= 11 is 2.45. The number of rotatable bonds is 10. The second-order valence-corrected chi connectivity index (χ2v) is 11.1. The molecular formula is C26H29N5O4S2. The standard InChI is InChI=1S/C26H29N5O4S2/c1-5-18(22(32)28-26-30-29-19(36-26)13-15(2)3)31-14-27-23-20(24(31)33)16(4)21(37-23)25(34)35-12-11-17-9-7-6-8-10-17/h6-10,14-15,18H,5,11-13H2,1-4H3,(H,28,30,32). The van der Waals surface area contributed by atoms with Crippen molar-refractivity contribution in [2.45, 2.75) is 53.0 Å². The van der Waals surface area contributed by atoms with Gasteiger partial charge in [0.2, 0.25) is 11.0 Å². The van der Waals surface area contributed by atoms with Gasteiger partial charge < -0.3 is 4.74 Å². The molecule has 0 aliphatic carbocycles. The molecule has 0 bridgehead atoms. The lowest BCUT2D eigenvalue weighted by molar-refractivity contribution is -0.119. The highest BCUT2D eigenvalue weighted by Crippen LogP contribution is 2.28. The fourth-order valence-corrected chi connectivity index (χ4v) is 5.95. The summed E-state index contributed by atoms with van der Waals surface area (Å²) in [7, 11) is 0. The van der Waals surface area contributed by atoms with Gasteiger partial charge in [-0.2, -0.15) is 0 Å². The lowest BCUT2D eigenvalue weighted by Crippen LogP contribution is -2.33. The van der Waals surface area contributed by atoms with E-state index in [1.807, 2.05) is 37.3 Å². The van der Waals surface area contributed by atoms with Gasteiger partial charge in [-0.3, -0.25) is 19.5 Å². The SMILES string of the molecule is CCC(C(=O)Nc1nnc(CC(C)C)s1)n1cnc2sc(C(=O)OCCc3ccccc3)c(C)c2c1=O. The molecule has 37 heavy (non-hydrogen) atoms. The Morgan fingerprint density at radius 2 is 1.89 bits per heavy atom. The first-order chi connectivity index (χ1) is 17.8. The zero-order valence-corrected chi connectivity index (χ0v) is 22.8. The molecule has 0 fully saturated rings. The molecule has 194 valence electrons. The Balaban J connectivity index is 1.52. The number of amides is 1. The average Bonchev–Trinajstić information content (AvgIpc) is 3.44. The number of thiophene rings is 1. The molecule has 9 nitrogen and oxygen atoms in total. The number of nitrogens with one attached hydrogen (secondary N) is 1. The fraction of sp³-hybridized carbons (Fsp3) is 0.385. The summed E-state index contributed by atoms with van der Waals surface area (Å²) in [6.07, 6.45) is 3.11. The van der Waals surface area contributed by atoms with Gasteiger partial charge >= 0.3 is 5.97 Å². The molecule has 1 atom stereocenters. The van der Waals surface area contributed by atoms with Crippen LogP contribution in [0.15, 0.2) is 41.5 Å². The smallest absolute Gasteiger partial charge is 0.348 e. The summed E-state index contributed by atoms with van der Waals surface area (Å²) in [6.45, 7) is 7.94. The third-order valence-corrected chi connectivity index (χ3v) is 7.87. The topological polar surface area (TPSA) is 116 Å². The maximum absolute atomic E-state index is 13.4. The van der Waals surface area contributed by atoms with Crippen LogP contribution >= 0.6 is 22.7 Å². The van der Waals surface area contributed by atoms with Gasteiger partial charge in [-0.05, 0) is 30.4 Å². The van der Waals surface area contributed by atoms with Crippen molar-refractivity contribution in [2.24, 2.45) is 5.92 Å². The maximum Gasteiger partial charge on any atom is 0.348 e. The number of hydrogen-bond donors (Lipinski definition) is 1. The number of ether oxygens (including phenoxy) is 1. The second kappa shape index (κ2) is 11.7. The van der Waals surface area contributed by atoms with Gasteiger partial charge in [-0.25, -0.2) is 9.78 Å². The van der Waals surface area contributed by atoms with Crippen molar-refractivity contribution >= 4 is 49.9 Å². The summed E-state index contributed by atoms with van der Waals surface area (Å²) in [5, 5.41) is 12.5. The molecule has 3 heterocycles. The minimum absolute atomic E-state index is 0.233. The zero-order valence-electron chi connectivity index (χ0n) is 21.2. The molecule has 1 aromatic carbocycles. The Labute approximate surface area is 222 Å². The number of fused-ring (bicyclic) bond motifs is 1. The van der Waals surface area contributed by atoms with Crippen LogP contribution < -0.4 is 10.9 Å². The van der Waals surface area contributed by atoms with Crippen LogP contribution in [0.1, 0.15) is 59.0 Å². The molecule has 1 unspecified atom stereocenters. The van der Waals surface area contributed by atoms with E-state index in [0.717, 1.165) is 28.3 Å². The van der Waals surface area contributed by atoms with Gasteiger partial charge in [0.25, 0.3) is 5.56 Å². The van der Waals surface area contributed by atoms with Gasteiger partial charge in [0.1, 0.15) is 20.8 Å². The summed E-state index contributed by atoms with van der Waals surface area (Å²) in [4.78, 5) is 44.4. The molecule has 1 amide bonds. The highest BCUT2D eigenvalue weighted by atomic mass is 32.1. The normalized spacial score (nSPS) is 12.1. The Morgan fingerprint density at radius 1 is 1.14 bits per heavy atom. The molecule has 0 aliphatic rings. The van der Waals surface area contributed by atoms with E-state index in [1.165, 1.54) is 22.2 Å². The van der Waals surface area contributed by atoms with Crippen molar-refractivity contribution < 1.29 is 14.3 Å². The number of aromatic nitrogens is 4. The van der Waals surface area contributed by atoms with Crippen molar-refractivity contribution in [3.63, 3.8) is 0 Å².